The summed E-state index contributed by atoms with van der Waals surface area (Å²) < 4.78 is 33.6. The summed E-state index contributed by atoms with van der Waals surface area (Å²) in [6, 6.07) is 0. The van der Waals surface area contributed by atoms with Gasteiger partial charge in [-0.05, 0) is 12.8 Å². The molecule has 15 heteroatoms. The monoisotopic (exact) mass is 949 g/mol. The van der Waals surface area contributed by atoms with Crippen LogP contribution in [0.2, 0.25) is 0 Å². The molecule has 7 N–H and O–H groups in total. The van der Waals surface area contributed by atoms with E-state index in [1.807, 2.05) is 0 Å². The fraction of sp³-hybridized carbons (Fsp3) is 0.961. The molecule has 0 saturated carbocycles. The minimum absolute atomic E-state index is 0.173. The van der Waals surface area contributed by atoms with Crippen molar-refractivity contribution in [1.29, 1.82) is 0 Å². The maximum absolute atomic E-state index is 13.0. The Labute approximate surface area is 398 Å². The molecular weight excluding hydrogens is 853 g/mol. The van der Waals surface area contributed by atoms with Crippen LogP contribution < -0.4 is 0 Å². The fourth-order valence-corrected chi connectivity index (χ4v) is 8.69. The van der Waals surface area contributed by atoms with E-state index in [4.69, 9.17) is 28.4 Å². The molecule has 2 aliphatic rings. The van der Waals surface area contributed by atoms with E-state index in [9.17, 15) is 45.3 Å². The zero-order valence-electron chi connectivity index (χ0n) is 41.2. The third kappa shape index (κ3) is 27.0. The van der Waals surface area contributed by atoms with Crippen molar-refractivity contribution >= 4 is 11.9 Å². The second kappa shape index (κ2) is 39.2. The highest BCUT2D eigenvalue weighted by atomic mass is 16.7. The van der Waals surface area contributed by atoms with Crippen LogP contribution in [-0.2, 0) is 38.0 Å². The topological polar surface area (TPSA) is 231 Å². The quantitative estimate of drug-likeness (QED) is 0.0231. The van der Waals surface area contributed by atoms with Gasteiger partial charge in [-0.15, -0.1) is 0 Å². The van der Waals surface area contributed by atoms with Crippen LogP contribution in [0, 0.1) is 0 Å². The van der Waals surface area contributed by atoms with E-state index < -0.39 is 92.7 Å². The molecule has 0 bridgehead atoms. The van der Waals surface area contributed by atoms with Crippen LogP contribution in [0.5, 0.6) is 0 Å². The van der Waals surface area contributed by atoms with Crippen molar-refractivity contribution in [2.75, 3.05) is 26.4 Å². The second-order valence-corrected chi connectivity index (χ2v) is 19.1. The van der Waals surface area contributed by atoms with Crippen molar-refractivity contribution in [3.8, 4) is 0 Å². The summed E-state index contributed by atoms with van der Waals surface area (Å²) >= 11 is 0. The average Bonchev–Trinajstić information content (AvgIpc) is 3.31. The zero-order chi connectivity index (χ0) is 48.2. The number of aliphatic hydroxyl groups excluding tert-OH is 7. The van der Waals surface area contributed by atoms with Crippen molar-refractivity contribution in [1.82, 2.24) is 0 Å². The van der Waals surface area contributed by atoms with Gasteiger partial charge in [-0.1, -0.05) is 194 Å². The van der Waals surface area contributed by atoms with Gasteiger partial charge in [0.25, 0.3) is 0 Å². The van der Waals surface area contributed by atoms with Crippen LogP contribution in [0.15, 0.2) is 0 Å². The van der Waals surface area contributed by atoms with Crippen molar-refractivity contribution in [2.45, 2.75) is 287 Å². The smallest absolute Gasteiger partial charge is 0.306 e. The predicted octanol–water partition coefficient (Wildman–Crippen LogP) is 7.61. The second-order valence-electron chi connectivity index (χ2n) is 19.1. The molecule has 0 aromatic carbocycles. The molecule has 2 saturated heterocycles. The third-order valence-electron chi connectivity index (χ3n) is 13.1. The molecule has 390 valence electrons. The zero-order valence-corrected chi connectivity index (χ0v) is 41.2. The lowest BCUT2D eigenvalue weighted by molar-refractivity contribution is -0.332. The molecule has 66 heavy (non-hydrogen) atoms. The number of carbonyl (C=O) groups is 2. The van der Waals surface area contributed by atoms with E-state index >= 15 is 0 Å². The maximum atomic E-state index is 13.0. The van der Waals surface area contributed by atoms with Crippen LogP contribution >= 0.6 is 0 Å². The Morgan fingerprint density at radius 1 is 0.424 bits per heavy atom. The number of carbonyl (C=O) groups excluding carboxylic acids is 2. The van der Waals surface area contributed by atoms with Gasteiger partial charge in [0, 0.05) is 12.8 Å². The van der Waals surface area contributed by atoms with Gasteiger partial charge in [0.15, 0.2) is 18.7 Å². The van der Waals surface area contributed by atoms with E-state index in [-0.39, 0.29) is 26.1 Å². The summed E-state index contributed by atoms with van der Waals surface area (Å²) in [5, 5.41) is 72.1. The molecule has 0 amide bonds. The van der Waals surface area contributed by atoms with Crippen molar-refractivity contribution < 1.29 is 73.8 Å². The maximum Gasteiger partial charge on any atom is 0.306 e. The van der Waals surface area contributed by atoms with Gasteiger partial charge in [0.05, 0.1) is 19.8 Å². The molecule has 0 radical (unpaired) electrons. The van der Waals surface area contributed by atoms with Crippen LogP contribution in [0.25, 0.3) is 0 Å². The van der Waals surface area contributed by atoms with E-state index in [0.29, 0.717) is 12.8 Å². The highest BCUT2D eigenvalue weighted by Gasteiger charge is 2.47. The van der Waals surface area contributed by atoms with E-state index in [1.54, 1.807) is 0 Å². The molecule has 0 aliphatic carbocycles. The van der Waals surface area contributed by atoms with Gasteiger partial charge < -0.3 is 64.2 Å². The number of unbranched alkanes of at least 4 members (excludes halogenated alkanes) is 28. The molecule has 2 aliphatic heterocycles. The number of ether oxygens (including phenoxy) is 6. The van der Waals surface area contributed by atoms with Gasteiger partial charge in [0.1, 0.15) is 55.4 Å². The standard InChI is InChI=1S/C51H96O15/c1-3-5-7-9-11-13-15-17-18-19-20-21-22-24-26-28-30-32-34-43(54)64-39(36-61-42(53)33-31-29-27-25-23-16-14-12-10-8-6-4-2)37-62-50-49(60)47(58)45(56)41(66-50)38-63-51-48(59)46(57)44(55)40(35-52)65-51/h39-41,44-52,55-60H,3-38H2,1-2H3/t39-,40+,41+,44-,45-,46?,47?,48?,49?,50+,51+/m1/s1. The van der Waals surface area contributed by atoms with Gasteiger partial charge in [0.2, 0.25) is 0 Å². The molecular formula is C51H96O15. The normalized spacial score (nSPS) is 26.1. The van der Waals surface area contributed by atoms with Gasteiger partial charge in [-0.2, -0.15) is 0 Å². The average molecular weight is 949 g/mol. The highest BCUT2D eigenvalue weighted by molar-refractivity contribution is 5.70. The summed E-state index contributed by atoms with van der Waals surface area (Å²) in [5.41, 5.74) is 0. The number of rotatable bonds is 42. The molecule has 0 spiro atoms. The molecule has 0 aromatic heterocycles. The van der Waals surface area contributed by atoms with Gasteiger partial charge >= 0.3 is 11.9 Å². The van der Waals surface area contributed by atoms with E-state index in [1.165, 1.54) is 141 Å². The first-order valence-corrected chi connectivity index (χ1v) is 26.6. The van der Waals surface area contributed by atoms with Crippen LogP contribution in [0.3, 0.4) is 0 Å². The Balaban J connectivity index is 1.78. The molecule has 15 nitrogen and oxygen atoms in total. The summed E-state index contributed by atoms with van der Waals surface area (Å²) in [6.07, 6.45) is 19.9. The minimum Gasteiger partial charge on any atom is -0.462 e. The van der Waals surface area contributed by atoms with Crippen molar-refractivity contribution in [2.24, 2.45) is 0 Å². The number of hydrogen-bond donors (Lipinski definition) is 7. The number of hydrogen-bond acceptors (Lipinski definition) is 15. The Kier molecular flexibility index (Phi) is 36.0. The largest absolute Gasteiger partial charge is 0.462 e. The lowest BCUT2D eigenvalue weighted by atomic mass is 9.98. The van der Waals surface area contributed by atoms with Crippen molar-refractivity contribution in [3.63, 3.8) is 0 Å². The molecule has 2 rings (SSSR count). The lowest BCUT2D eigenvalue weighted by Gasteiger charge is -2.42. The van der Waals surface area contributed by atoms with E-state index in [0.717, 1.165) is 38.5 Å². The number of esters is 2. The molecule has 2 heterocycles. The summed E-state index contributed by atoms with van der Waals surface area (Å²) in [5.74, 6) is -0.909. The lowest BCUT2D eigenvalue weighted by Crippen LogP contribution is -2.61. The predicted molar refractivity (Wildman–Crippen MR) is 252 cm³/mol. The van der Waals surface area contributed by atoms with Crippen molar-refractivity contribution in [3.05, 3.63) is 0 Å². The Morgan fingerprint density at radius 2 is 0.773 bits per heavy atom. The minimum atomic E-state index is -1.76. The molecule has 11 atom stereocenters. The Hall–Kier alpha value is -1.50. The first kappa shape index (κ1) is 60.6. The van der Waals surface area contributed by atoms with E-state index in [2.05, 4.69) is 13.8 Å². The summed E-state index contributed by atoms with van der Waals surface area (Å²) in [4.78, 5) is 25.7. The van der Waals surface area contributed by atoms with Gasteiger partial charge in [-0.3, -0.25) is 9.59 Å². The SMILES string of the molecule is CCCCCCCCCCCCCCCCCCCCC(=O)O[C@H](COC(=O)CCCCCCCCCCCCCC)CO[C@H]1O[C@@H](CO[C@H]2O[C@@H](CO)[C@@H](O)C(O)C2O)[C@@H](O)C(O)C1O. The first-order valence-electron chi connectivity index (χ1n) is 26.6. The Morgan fingerprint density at radius 3 is 1.18 bits per heavy atom. The molecule has 2 fully saturated rings. The third-order valence-corrected chi connectivity index (χ3v) is 13.1. The van der Waals surface area contributed by atoms with Crippen LogP contribution in [0.1, 0.15) is 219 Å². The highest BCUT2D eigenvalue weighted by Crippen LogP contribution is 2.27. The first-order chi connectivity index (χ1) is 32.0. The van der Waals surface area contributed by atoms with Crippen LogP contribution in [0.4, 0.5) is 0 Å². The summed E-state index contributed by atoms with van der Waals surface area (Å²) in [7, 11) is 0. The summed E-state index contributed by atoms with van der Waals surface area (Å²) in [6.45, 7) is 2.62. The fourth-order valence-electron chi connectivity index (χ4n) is 8.69. The number of aliphatic hydroxyl groups is 7. The molecule has 0 aromatic rings. The van der Waals surface area contributed by atoms with Crippen LogP contribution in [-0.4, -0.2) is 142 Å². The Bertz CT molecular complexity index is 1160. The molecule has 4 unspecified atom stereocenters. The van der Waals surface area contributed by atoms with Gasteiger partial charge in [-0.25, -0.2) is 0 Å².